The van der Waals surface area contributed by atoms with Gasteiger partial charge in [0.25, 0.3) is 10.0 Å². The smallest absolute Gasteiger partial charge is 0.293 e. The number of alkyl halides is 3. The molecular formula is C28H22F3NO4S. The molecule has 0 amide bonds. The molecule has 5 nitrogen and oxygen atoms in total. The van der Waals surface area contributed by atoms with Gasteiger partial charge in [-0.3, -0.25) is 13.9 Å². The third kappa shape index (κ3) is 4.17. The van der Waals surface area contributed by atoms with Crippen molar-refractivity contribution in [2.24, 2.45) is 5.41 Å². The van der Waals surface area contributed by atoms with Crippen LogP contribution in [0.4, 0.5) is 13.2 Å². The predicted octanol–water partition coefficient (Wildman–Crippen LogP) is 5.60. The van der Waals surface area contributed by atoms with Crippen molar-refractivity contribution >= 4 is 21.6 Å². The summed E-state index contributed by atoms with van der Waals surface area (Å²) in [4.78, 5) is 26.9. The fourth-order valence-electron chi connectivity index (χ4n) is 5.08. The van der Waals surface area contributed by atoms with Crippen LogP contribution in [0.1, 0.15) is 43.8 Å². The zero-order valence-corrected chi connectivity index (χ0v) is 20.6. The first-order valence-electron chi connectivity index (χ1n) is 11.6. The summed E-state index contributed by atoms with van der Waals surface area (Å²) in [6.07, 6.45) is -3.05. The van der Waals surface area contributed by atoms with Crippen LogP contribution in [-0.4, -0.2) is 30.8 Å². The van der Waals surface area contributed by atoms with Gasteiger partial charge < -0.3 is 0 Å². The van der Waals surface area contributed by atoms with E-state index in [2.05, 4.69) is 0 Å². The number of halogens is 3. The number of allylic oxidation sites excluding steroid dienone is 2. The summed E-state index contributed by atoms with van der Waals surface area (Å²) in [5, 5.41) is 0. The zero-order valence-electron chi connectivity index (χ0n) is 19.7. The van der Waals surface area contributed by atoms with Gasteiger partial charge in [0.1, 0.15) is 0 Å². The molecule has 0 bridgehead atoms. The molecule has 1 heterocycles. The zero-order chi connectivity index (χ0) is 26.6. The summed E-state index contributed by atoms with van der Waals surface area (Å²) in [5.41, 5.74) is -0.0638. The van der Waals surface area contributed by atoms with Gasteiger partial charge in [-0.15, -0.1) is 0 Å². The van der Waals surface area contributed by atoms with Gasteiger partial charge in [-0.25, -0.2) is 8.42 Å². The first kappa shape index (κ1) is 25.0. The van der Waals surface area contributed by atoms with E-state index in [9.17, 15) is 31.2 Å². The minimum absolute atomic E-state index is 0.0118. The average molecular weight is 526 g/mol. The van der Waals surface area contributed by atoms with Gasteiger partial charge in [-0.05, 0) is 49.6 Å². The van der Waals surface area contributed by atoms with E-state index in [-0.39, 0.29) is 41.3 Å². The summed E-state index contributed by atoms with van der Waals surface area (Å²) < 4.78 is 67.4. The third-order valence-corrected chi connectivity index (χ3v) is 8.89. The molecular weight excluding hydrogens is 503 g/mol. The van der Waals surface area contributed by atoms with Gasteiger partial charge in [0.15, 0.2) is 11.6 Å². The topological polar surface area (TPSA) is 71.5 Å². The summed E-state index contributed by atoms with van der Waals surface area (Å²) in [6, 6.07) is 16.9. The highest BCUT2D eigenvalue weighted by Crippen LogP contribution is 2.51. The summed E-state index contributed by atoms with van der Waals surface area (Å²) >= 11 is 0. The van der Waals surface area contributed by atoms with Gasteiger partial charge in [-0.2, -0.15) is 13.2 Å². The Balaban J connectivity index is 1.61. The van der Waals surface area contributed by atoms with Crippen molar-refractivity contribution < 1.29 is 31.2 Å². The molecule has 3 aromatic carbocycles. The molecule has 9 heteroatoms. The molecule has 3 aromatic rings. The fraction of sp³-hybridized carbons (Fsp3) is 0.214. The van der Waals surface area contributed by atoms with Crippen LogP contribution in [-0.2, 0) is 22.6 Å². The Morgan fingerprint density at radius 2 is 1.62 bits per heavy atom. The highest BCUT2D eigenvalue weighted by molar-refractivity contribution is 7.89. The Morgan fingerprint density at radius 1 is 0.973 bits per heavy atom. The highest BCUT2D eigenvalue weighted by atomic mass is 32.2. The van der Waals surface area contributed by atoms with E-state index in [1.54, 1.807) is 36.4 Å². The van der Waals surface area contributed by atoms with E-state index in [1.165, 1.54) is 12.1 Å². The van der Waals surface area contributed by atoms with Crippen LogP contribution in [0.25, 0.3) is 0 Å². The van der Waals surface area contributed by atoms with Crippen molar-refractivity contribution in [2.75, 3.05) is 6.54 Å². The lowest BCUT2D eigenvalue weighted by atomic mass is 9.79. The van der Waals surface area contributed by atoms with Gasteiger partial charge >= 0.3 is 6.18 Å². The second-order valence-electron chi connectivity index (χ2n) is 9.35. The van der Waals surface area contributed by atoms with Crippen molar-refractivity contribution in [1.82, 2.24) is 4.31 Å². The van der Waals surface area contributed by atoms with Crippen LogP contribution in [0.3, 0.4) is 0 Å². The first-order valence-corrected chi connectivity index (χ1v) is 13.0. The monoisotopic (exact) mass is 525 g/mol. The minimum Gasteiger partial charge on any atom is -0.293 e. The van der Waals surface area contributed by atoms with Gasteiger partial charge in [0.05, 0.1) is 15.9 Å². The van der Waals surface area contributed by atoms with Crippen LogP contribution in [0, 0.1) is 12.3 Å². The number of Topliss-reactive ketones (excluding diaryl/α,β-unsaturated/α-hetero) is 1. The molecule has 0 N–H and O–H groups in total. The largest absolute Gasteiger partial charge is 0.416 e. The number of carbonyl (C=O) groups excluding carboxylic acids is 2. The van der Waals surface area contributed by atoms with Crippen molar-refractivity contribution in [3.8, 4) is 0 Å². The van der Waals surface area contributed by atoms with Gasteiger partial charge in [0.2, 0.25) is 0 Å². The van der Waals surface area contributed by atoms with E-state index in [1.807, 2.05) is 6.92 Å². The second kappa shape index (κ2) is 8.69. The molecule has 1 aliphatic heterocycles. The summed E-state index contributed by atoms with van der Waals surface area (Å²) in [5.74, 6) is -0.950. The van der Waals surface area contributed by atoms with Gasteiger partial charge in [0, 0.05) is 29.4 Å². The molecule has 1 saturated heterocycles. The molecule has 1 unspecified atom stereocenters. The van der Waals surface area contributed by atoms with Crippen molar-refractivity contribution in [3.63, 3.8) is 0 Å². The Hall–Kier alpha value is -3.72. The van der Waals surface area contributed by atoms with Crippen LogP contribution in [0.5, 0.6) is 0 Å². The number of carbonyl (C=O) groups is 2. The van der Waals surface area contributed by atoms with Crippen molar-refractivity contribution in [1.29, 1.82) is 0 Å². The maximum atomic E-state index is 13.7. The molecule has 1 fully saturated rings. The number of sulfonamides is 1. The SMILES string of the molecule is Cc1ccc(S(=O)(=O)N2CCC3(Cc4ccccc4C3=O)/C2=C/C(=O)c2ccc(C(F)(F)F)cc2)cc1. The Labute approximate surface area is 212 Å². The molecule has 37 heavy (non-hydrogen) atoms. The fourth-order valence-corrected chi connectivity index (χ4v) is 6.63. The number of nitrogens with zero attached hydrogens (tertiary/aromatic N) is 1. The molecule has 5 rings (SSSR count). The van der Waals surface area contributed by atoms with E-state index < -0.39 is 33.0 Å². The number of rotatable bonds is 4. The van der Waals surface area contributed by atoms with Gasteiger partial charge in [-0.1, -0.05) is 54.1 Å². The number of ketones is 2. The van der Waals surface area contributed by atoms with E-state index in [4.69, 9.17) is 0 Å². The van der Waals surface area contributed by atoms with Crippen LogP contribution >= 0.6 is 0 Å². The normalized spacial score (nSPS) is 20.6. The molecule has 2 aliphatic rings. The lowest BCUT2D eigenvalue weighted by Crippen LogP contribution is -2.34. The second-order valence-corrected chi connectivity index (χ2v) is 11.2. The lowest BCUT2D eigenvalue weighted by Gasteiger charge is -2.27. The Bertz CT molecular complexity index is 1540. The quantitative estimate of drug-likeness (QED) is 0.328. The van der Waals surface area contributed by atoms with Crippen molar-refractivity contribution in [2.45, 2.75) is 30.8 Å². The predicted molar refractivity (Wildman–Crippen MR) is 130 cm³/mol. The summed E-state index contributed by atoms with van der Waals surface area (Å²) in [6.45, 7) is 1.81. The maximum Gasteiger partial charge on any atom is 0.416 e. The molecule has 190 valence electrons. The summed E-state index contributed by atoms with van der Waals surface area (Å²) in [7, 11) is -4.12. The number of fused-ring (bicyclic) bond motifs is 1. The Kier molecular flexibility index (Phi) is 5.86. The average Bonchev–Trinajstić information content (AvgIpc) is 3.37. The first-order chi connectivity index (χ1) is 17.4. The third-order valence-electron chi connectivity index (χ3n) is 7.06. The molecule has 0 aromatic heterocycles. The highest BCUT2D eigenvalue weighted by Gasteiger charge is 2.55. The maximum absolute atomic E-state index is 13.7. The van der Waals surface area contributed by atoms with E-state index in [0.717, 1.165) is 45.8 Å². The molecule has 0 saturated carbocycles. The van der Waals surface area contributed by atoms with Crippen LogP contribution in [0.2, 0.25) is 0 Å². The van der Waals surface area contributed by atoms with E-state index in [0.29, 0.717) is 5.56 Å². The molecule has 1 aliphatic carbocycles. The minimum atomic E-state index is -4.56. The molecule has 1 spiro atoms. The standard InChI is InChI=1S/C28H22F3NO4S/c1-18-6-12-22(13-7-18)37(35,36)32-15-14-27(17-20-4-2-3-5-23(20)26(27)34)25(32)16-24(33)19-8-10-21(11-9-19)28(29,30)31/h2-13,16H,14-15,17H2,1H3/b25-16-. The number of hydrogen-bond acceptors (Lipinski definition) is 4. The molecule has 0 radical (unpaired) electrons. The number of aryl methyl sites for hydroxylation is 1. The number of hydrogen-bond donors (Lipinski definition) is 0. The van der Waals surface area contributed by atoms with Crippen molar-refractivity contribution in [3.05, 3.63) is 112 Å². The van der Waals surface area contributed by atoms with E-state index >= 15 is 0 Å². The Morgan fingerprint density at radius 3 is 2.24 bits per heavy atom. The lowest BCUT2D eigenvalue weighted by molar-refractivity contribution is -0.137. The molecule has 1 atom stereocenters. The van der Waals surface area contributed by atoms with Crippen LogP contribution < -0.4 is 0 Å². The van der Waals surface area contributed by atoms with Crippen LogP contribution in [0.15, 0.2) is 89.5 Å². The number of benzene rings is 3.